The summed E-state index contributed by atoms with van der Waals surface area (Å²) in [5, 5.41) is 10.0. The summed E-state index contributed by atoms with van der Waals surface area (Å²) >= 11 is 0. The van der Waals surface area contributed by atoms with E-state index in [-0.39, 0.29) is 6.29 Å². The Morgan fingerprint density at radius 1 is 1.40 bits per heavy atom. The number of hydrogen-bond donors (Lipinski definition) is 2. The van der Waals surface area contributed by atoms with Gasteiger partial charge in [-0.3, -0.25) is 0 Å². The number of aldehydes is 1. The molecule has 0 saturated carbocycles. The van der Waals surface area contributed by atoms with Crippen molar-refractivity contribution in [2.24, 2.45) is 0 Å². The van der Waals surface area contributed by atoms with Crippen LogP contribution in [0.3, 0.4) is 0 Å². The molecular weight excluding hydrogens is 208 g/mol. The minimum atomic E-state index is -1.54. The van der Waals surface area contributed by atoms with E-state index in [1.54, 1.807) is 5.32 Å². The van der Waals surface area contributed by atoms with Crippen LogP contribution in [-0.2, 0) is 4.79 Å². The average molecular weight is 215 g/mol. The Balaban J connectivity index is 3.11. The highest BCUT2D eigenvalue weighted by Crippen LogP contribution is 2.18. The van der Waals surface area contributed by atoms with Crippen LogP contribution in [0, 0.1) is 11.6 Å². The summed E-state index contributed by atoms with van der Waals surface area (Å²) in [7, 11) is 0. The van der Waals surface area contributed by atoms with Gasteiger partial charge in [0.15, 0.2) is 0 Å². The van der Waals surface area contributed by atoms with Crippen LogP contribution < -0.4 is 5.32 Å². The molecule has 1 amide bonds. The zero-order valence-corrected chi connectivity index (χ0v) is 7.41. The van der Waals surface area contributed by atoms with Crippen molar-refractivity contribution >= 4 is 12.4 Å². The summed E-state index contributed by atoms with van der Waals surface area (Å²) in [6.45, 7) is 0. The van der Waals surface area contributed by atoms with E-state index in [1.807, 2.05) is 0 Å². The second kappa shape index (κ2) is 4.50. The van der Waals surface area contributed by atoms with Crippen molar-refractivity contribution in [3.05, 3.63) is 35.4 Å². The summed E-state index contributed by atoms with van der Waals surface area (Å²) in [6, 6.07) is 1.47. The van der Waals surface area contributed by atoms with Crippen LogP contribution in [0.1, 0.15) is 11.6 Å². The molecule has 1 atom stereocenters. The first-order chi connectivity index (χ1) is 7.06. The number of carboxylic acid groups (broad SMARTS) is 1. The molecule has 0 fully saturated rings. The Hall–Kier alpha value is -1.98. The fraction of sp³-hybridized carbons (Fsp3) is 0.111. The van der Waals surface area contributed by atoms with Gasteiger partial charge in [-0.05, 0) is 12.1 Å². The molecule has 0 spiro atoms. The minimum absolute atomic E-state index is 0.121. The van der Waals surface area contributed by atoms with Gasteiger partial charge in [-0.1, -0.05) is 6.07 Å². The maximum absolute atomic E-state index is 13.1. The smallest absolute Gasteiger partial charge is 0.405 e. The Kier molecular flexibility index (Phi) is 3.33. The van der Waals surface area contributed by atoms with Gasteiger partial charge in [0.05, 0.1) is 5.56 Å². The van der Waals surface area contributed by atoms with Gasteiger partial charge < -0.3 is 15.2 Å². The van der Waals surface area contributed by atoms with Crippen LogP contribution in [0.15, 0.2) is 18.2 Å². The number of hydrogen-bond acceptors (Lipinski definition) is 2. The highest BCUT2D eigenvalue weighted by atomic mass is 19.1. The third-order valence-electron chi connectivity index (χ3n) is 1.73. The molecule has 2 N–H and O–H groups in total. The van der Waals surface area contributed by atoms with E-state index in [1.165, 1.54) is 0 Å². The lowest BCUT2D eigenvalue weighted by Crippen LogP contribution is -2.29. The van der Waals surface area contributed by atoms with Crippen LogP contribution in [0.2, 0.25) is 0 Å². The van der Waals surface area contributed by atoms with Gasteiger partial charge in [0.25, 0.3) is 0 Å². The van der Waals surface area contributed by atoms with Gasteiger partial charge in [-0.25, -0.2) is 13.6 Å². The molecule has 0 heterocycles. The van der Waals surface area contributed by atoms with Gasteiger partial charge in [0.2, 0.25) is 0 Å². The minimum Gasteiger partial charge on any atom is -0.465 e. The summed E-state index contributed by atoms with van der Waals surface area (Å²) < 4.78 is 26.2. The molecule has 0 aliphatic rings. The fourth-order valence-corrected chi connectivity index (χ4v) is 1.12. The lowest BCUT2D eigenvalue weighted by Gasteiger charge is -2.11. The Bertz CT molecular complexity index is 375. The number of halogens is 2. The summed E-state index contributed by atoms with van der Waals surface area (Å²) in [6.07, 6.45) is -1.41. The lowest BCUT2D eigenvalue weighted by atomic mass is 10.1. The van der Waals surface area contributed by atoms with E-state index in [0.717, 1.165) is 18.2 Å². The number of nitrogens with one attached hydrogen (secondary N) is 1. The van der Waals surface area contributed by atoms with Crippen molar-refractivity contribution in [2.75, 3.05) is 0 Å². The standard InChI is InChI=1S/C9H7F2NO3/c10-5-2-1-3-6(11)8(5)7(4-13)12-9(14)15/h1-4,7,12H,(H,14,15). The van der Waals surface area contributed by atoms with Gasteiger partial charge in [-0.15, -0.1) is 0 Å². The van der Waals surface area contributed by atoms with E-state index in [2.05, 4.69) is 0 Å². The molecule has 0 aromatic heterocycles. The average Bonchev–Trinajstić information content (AvgIpc) is 2.15. The van der Waals surface area contributed by atoms with Crippen molar-refractivity contribution < 1.29 is 23.5 Å². The van der Waals surface area contributed by atoms with E-state index >= 15 is 0 Å². The second-order valence-corrected chi connectivity index (χ2v) is 2.70. The molecule has 15 heavy (non-hydrogen) atoms. The van der Waals surface area contributed by atoms with E-state index in [0.29, 0.717) is 0 Å². The number of rotatable bonds is 3. The molecule has 0 aliphatic heterocycles. The highest BCUT2D eigenvalue weighted by molar-refractivity contribution is 5.73. The highest BCUT2D eigenvalue weighted by Gasteiger charge is 2.20. The first-order valence-corrected chi connectivity index (χ1v) is 3.95. The first kappa shape index (κ1) is 11.1. The predicted octanol–water partition coefficient (Wildman–Crippen LogP) is 1.47. The quantitative estimate of drug-likeness (QED) is 0.750. The zero-order chi connectivity index (χ0) is 11.4. The Labute approximate surface area is 83.5 Å². The maximum atomic E-state index is 13.1. The monoisotopic (exact) mass is 215 g/mol. The maximum Gasteiger partial charge on any atom is 0.405 e. The van der Waals surface area contributed by atoms with Crippen molar-refractivity contribution in [1.82, 2.24) is 5.32 Å². The van der Waals surface area contributed by atoms with Crippen molar-refractivity contribution in [3.8, 4) is 0 Å². The van der Waals surface area contributed by atoms with Gasteiger partial charge in [0, 0.05) is 0 Å². The van der Waals surface area contributed by atoms with E-state index in [9.17, 15) is 18.4 Å². The molecule has 1 unspecified atom stereocenters. The topological polar surface area (TPSA) is 66.4 Å². The first-order valence-electron chi connectivity index (χ1n) is 3.95. The zero-order valence-electron chi connectivity index (χ0n) is 7.41. The molecular formula is C9H7F2NO3. The lowest BCUT2D eigenvalue weighted by molar-refractivity contribution is -0.109. The van der Waals surface area contributed by atoms with Crippen molar-refractivity contribution in [1.29, 1.82) is 0 Å². The molecule has 1 aromatic rings. The second-order valence-electron chi connectivity index (χ2n) is 2.70. The van der Waals surface area contributed by atoms with Crippen LogP contribution in [0.25, 0.3) is 0 Å². The molecule has 0 saturated heterocycles. The molecule has 1 rings (SSSR count). The number of carbonyl (C=O) groups is 2. The fourth-order valence-electron chi connectivity index (χ4n) is 1.12. The predicted molar refractivity (Wildman–Crippen MR) is 46.3 cm³/mol. The van der Waals surface area contributed by atoms with Gasteiger partial charge in [-0.2, -0.15) is 0 Å². The molecule has 6 heteroatoms. The molecule has 0 aliphatic carbocycles. The van der Waals surface area contributed by atoms with Crippen LogP contribution in [-0.4, -0.2) is 17.5 Å². The molecule has 1 aromatic carbocycles. The molecule has 0 radical (unpaired) electrons. The SMILES string of the molecule is O=CC(NC(=O)O)c1c(F)cccc1F. The van der Waals surface area contributed by atoms with Crippen molar-refractivity contribution in [3.63, 3.8) is 0 Å². The Morgan fingerprint density at radius 2 is 1.93 bits per heavy atom. The normalized spacial score (nSPS) is 11.9. The number of benzene rings is 1. The van der Waals surface area contributed by atoms with Crippen LogP contribution in [0.5, 0.6) is 0 Å². The summed E-state index contributed by atoms with van der Waals surface area (Å²) in [5.41, 5.74) is -0.602. The third kappa shape index (κ3) is 2.49. The molecule has 4 nitrogen and oxygen atoms in total. The van der Waals surface area contributed by atoms with Crippen LogP contribution >= 0.6 is 0 Å². The largest absolute Gasteiger partial charge is 0.465 e. The number of carbonyl (C=O) groups excluding carboxylic acids is 1. The third-order valence-corrected chi connectivity index (χ3v) is 1.73. The molecule has 80 valence electrons. The van der Waals surface area contributed by atoms with Crippen molar-refractivity contribution in [2.45, 2.75) is 6.04 Å². The number of amides is 1. The van der Waals surface area contributed by atoms with Crippen LogP contribution in [0.4, 0.5) is 13.6 Å². The van der Waals surface area contributed by atoms with E-state index in [4.69, 9.17) is 5.11 Å². The van der Waals surface area contributed by atoms with Gasteiger partial charge >= 0.3 is 6.09 Å². The Morgan fingerprint density at radius 3 is 2.33 bits per heavy atom. The summed E-state index contributed by atoms with van der Waals surface area (Å²) in [4.78, 5) is 20.7. The molecule has 0 bridgehead atoms. The van der Waals surface area contributed by atoms with Gasteiger partial charge in [0.1, 0.15) is 24.0 Å². The summed E-state index contributed by atoms with van der Waals surface area (Å²) in [5.74, 6) is -1.94. The van der Waals surface area contributed by atoms with E-state index < -0.39 is 29.3 Å².